The second kappa shape index (κ2) is 8.84. The van der Waals surface area contributed by atoms with Crippen molar-refractivity contribution in [1.82, 2.24) is 14.8 Å². The normalized spacial score (nSPS) is 21.2. The lowest BCUT2D eigenvalue weighted by Crippen LogP contribution is -2.50. The number of cyclic esters (lactones) is 1. The summed E-state index contributed by atoms with van der Waals surface area (Å²) in [6, 6.07) is 2.31. The maximum Gasteiger partial charge on any atom is 0.410 e. The predicted molar refractivity (Wildman–Crippen MR) is 102 cm³/mol. The first-order valence-corrected chi connectivity index (χ1v) is 10.2. The molecular weight excluding hydrogens is 398 g/mol. The van der Waals surface area contributed by atoms with Crippen molar-refractivity contribution in [2.75, 3.05) is 19.7 Å². The fourth-order valence-corrected chi connectivity index (χ4v) is 4.23. The molecule has 3 rings (SSSR count). The van der Waals surface area contributed by atoms with Crippen molar-refractivity contribution in [3.63, 3.8) is 0 Å². The molecule has 0 aliphatic carbocycles. The predicted octanol–water partition coefficient (Wildman–Crippen LogP) is 3.39. The molecule has 0 aromatic carbocycles. The van der Waals surface area contributed by atoms with Crippen LogP contribution < -0.4 is 0 Å². The van der Waals surface area contributed by atoms with Crippen molar-refractivity contribution < 1.29 is 14.3 Å². The highest BCUT2D eigenvalue weighted by Crippen LogP contribution is 2.26. The largest absolute Gasteiger partial charge is 0.447 e. The van der Waals surface area contributed by atoms with Gasteiger partial charge >= 0.3 is 6.09 Å². The molecule has 1 aromatic rings. The van der Waals surface area contributed by atoms with Crippen LogP contribution in [-0.2, 0) is 16.0 Å². The SMILES string of the molecule is CCCCC1COC(=O)N1C1CCN(C(=O)Cc2cncc(Br)c2)CC1. The first-order valence-electron chi connectivity index (χ1n) is 9.40. The molecule has 0 radical (unpaired) electrons. The molecule has 2 aliphatic rings. The lowest BCUT2D eigenvalue weighted by atomic mass is 9.99. The molecule has 0 saturated carbocycles. The van der Waals surface area contributed by atoms with Gasteiger partial charge in [-0.2, -0.15) is 0 Å². The van der Waals surface area contributed by atoms with Crippen molar-refractivity contribution in [1.29, 1.82) is 0 Å². The summed E-state index contributed by atoms with van der Waals surface area (Å²) in [6.07, 6.45) is 8.49. The minimum absolute atomic E-state index is 0.120. The number of hydrogen-bond donors (Lipinski definition) is 0. The molecule has 0 bridgehead atoms. The van der Waals surface area contributed by atoms with Gasteiger partial charge < -0.3 is 9.64 Å². The Morgan fingerprint density at radius 2 is 2.12 bits per heavy atom. The van der Waals surface area contributed by atoms with Crippen LogP contribution >= 0.6 is 15.9 Å². The molecule has 0 N–H and O–H groups in total. The summed E-state index contributed by atoms with van der Waals surface area (Å²) in [4.78, 5) is 32.7. The van der Waals surface area contributed by atoms with Crippen molar-refractivity contribution in [3.05, 3.63) is 28.5 Å². The van der Waals surface area contributed by atoms with Gasteiger partial charge in [-0.25, -0.2) is 4.79 Å². The third-order valence-corrected chi connectivity index (χ3v) is 5.66. The number of carbonyl (C=O) groups excluding carboxylic acids is 2. The highest BCUT2D eigenvalue weighted by molar-refractivity contribution is 9.10. The zero-order valence-electron chi connectivity index (χ0n) is 15.2. The van der Waals surface area contributed by atoms with Crippen molar-refractivity contribution >= 4 is 27.9 Å². The molecule has 2 fully saturated rings. The van der Waals surface area contributed by atoms with E-state index in [1.165, 1.54) is 0 Å². The van der Waals surface area contributed by atoms with Crippen LogP contribution in [0.4, 0.5) is 4.79 Å². The number of carbonyl (C=O) groups is 2. The summed E-state index contributed by atoms with van der Waals surface area (Å²) in [5, 5.41) is 0. The Hall–Kier alpha value is -1.63. The Morgan fingerprint density at radius 1 is 1.35 bits per heavy atom. The molecule has 2 saturated heterocycles. The molecule has 0 spiro atoms. The fraction of sp³-hybridized carbons (Fsp3) is 0.632. The number of rotatable bonds is 6. The fourth-order valence-electron chi connectivity index (χ4n) is 3.81. The topological polar surface area (TPSA) is 62.7 Å². The van der Waals surface area contributed by atoms with E-state index >= 15 is 0 Å². The maximum absolute atomic E-state index is 12.6. The minimum Gasteiger partial charge on any atom is -0.447 e. The number of hydrogen-bond acceptors (Lipinski definition) is 4. The molecule has 2 aliphatic heterocycles. The summed E-state index contributed by atoms with van der Waals surface area (Å²) in [5.74, 6) is 0.120. The van der Waals surface area contributed by atoms with E-state index in [1.807, 2.05) is 15.9 Å². The monoisotopic (exact) mass is 423 g/mol. The van der Waals surface area contributed by atoms with Crippen molar-refractivity contribution in [3.8, 4) is 0 Å². The van der Waals surface area contributed by atoms with Gasteiger partial charge in [0.05, 0.1) is 12.5 Å². The summed E-state index contributed by atoms with van der Waals surface area (Å²) < 4.78 is 6.17. The number of halogens is 1. The van der Waals surface area contributed by atoms with Gasteiger partial charge in [-0.15, -0.1) is 0 Å². The Balaban J connectivity index is 1.53. The number of unbranched alkanes of at least 4 members (excludes halogenated alkanes) is 1. The maximum atomic E-state index is 12.6. The van der Waals surface area contributed by atoms with Crippen molar-refractivity contribution in [2.24, 2.45) is 0 Å². The molecule has 1 aromatic heterocycles. The minimum atomic E-state index is -0.184. The van der Waals surface area contributed by atoms with E-state index in [1.54, 1.807) is 12.4 Å². The molecule has 26 heavy (non-hydrogen) atoms. The van der Waals surface area contributed by atoms with Crippen LogP contribution in [0.15, 0.2) is 22.9 Å². The Kier molecular flexibility index (Phi) is 6.51. The lowest BCUT2D eigenvalue weighted by Gasteiger charge is -2.38. The number of nitrogens with zero attached hydrogens (tertiary/aromatic N) is 3. The van der Waals surface area contributed by atoms with Crippen LogP contribution in [0.2, 0.25) is 0 Å². The van der Waals surface area contributed by atoms with Gasteiger partial charge in [0.25, 0.3) is 0 Å². The highest BCUT2D eigenvalue weighted by atomic mass is 79.9. The average molecular weight is 424 g/mol. The summed E-state index contributed by atoms with van der Waals surface area (Å²) >= 11 is 3.39. The lowest BCUT2D eigenvalue weighted by molar-refractivity contribution is -0.131. The van der Waals surface area contributed by atoms with E-state index in [4.69, 9.17) is 4.74 Å². The smallest absolute Gasteiger partial charge is 0.410 e. The number of ether oxygens (including phenoxy) is 1. The van der Waals surface area contributed by atoms with Crippen LogP contribution in [-0.4, -0.2) is 58.6 Å². The van der Waals surface area contributed by atoms with E-state index in [2.05, 4.69) is 27.8 Å². The van der Waals surface area contributed by atoms with E-state index in [0.717, 1.165) is 42.1 Å². The average Bonchev–Trinajstić information content (AvgIpc) is 3.00. The van der Waals surface area contributed by atoms with Crippen LogP contribution in [0, 0.1) is 0 Å². The number of piperidine rings is 1. The number of pyridine rings is 1. The Morgan fingerprint density at radius 3 is 2.81 bits per heavy atom. The molecule has 2 amide bonds. The zero-order valence-corrected chi connectivity index (χ0v) is 16.8. The first kappa shape index (κ1) is 19.1. The number of likely N-dealkylation sites (tertiary alicyclic amines) is 1. The van der Waals surface area contributed by atoms with Crippen LogP contribution in [0.25, 0.3) is 0 Å². The Bertz CT molecular complexity index is 647. The van der Waals surface area contributed by atoms with E-state index < -0.39 is 0 Å². The summed E-state index contributed by atoms with van der Waals surface area (Å²) in [7, 11) is 0. The molecule has 1 atom stereocenters. The van der Waals surface area contributed by atoms with Gasteiger partial charge in [-0.3, -0.25) is 14.7 Å². The van der Waals surface area contributed by atoms with Gasteiger partial charge in [0.1, 0.15) is 6.61 Å². The van der Waals surface area contributed by atoms with Gasteiger partial charge in [0.2, 0.25) is 5.91 Å². The molecule has 142 valence electrons. The van der Waals surface area contributed by atoms with Crippen LogP contribution in [0.3, 0.4) is 0 Å². The second-order valence-electron chi connectivity index (χ2n) is 7.08. The standard InChI is InChI=1S/C19H26BrN3O3/c1-2-3-4-17-13-26-19(25)23(17)16-5-7-22(8-6-16)18(24)10-14-9-15(20)12-21-11-14/h9,11-12,16-17H,2-8,10,13H2,1H3. The molecule has 7 heteroatoms. The zero-order chi connectivity index (χ0) is 18.5. The summed E-state index contributed by atoms with van der Waals surface area (Å²) in [6.45, 7) is 4.05. The van der Waals surface area contributed by atoms with Crippen LogP contribution in [0.1, 0.15) is 44.6 Å². The van der Waals surface area contributed by atoms with Gasteiger partial charge in [0.15, 0.2) is 0 Å². The first-order chi connectivity index (χ1) is 12.6. The van der Waals surface area contributed by atoms with Gasteiger partial charge in [-0.1, -0.05) is 19.8 Å². The molecular formula is C19H26BrN3O3. The molecule has 6 nitrogen and oxygen atoms in total. The molecule has 1 unspecified atom stereocenters. The van der Waals surface area contributed by atoms with Crippen LogP contribution in [0.5, 0.6) is 0 Å². The third-order valence-electron chi connectivity index (χ3n) is 5.22. The molecule has 3 heterocycles. The number of aromatic nitrogens is 1. The van der Waals surface area contributed by atoms with E-state index in [-0.39, 0.29) is 24.1 Å². The van der Waals surface area contributed by atoms with Gasteiger partial charge in [-0.05, 0) is 46.8 Å². The van der Waals surface area contributed by atoms with Gasteiger partial charge in [0, 0.05) is 36.0 Å². The Labute approximate surface area is 163 Å². The highest BCUT2D eigenvalue weighted by Gasteiger charge is 2.39. The van der Waals surface area contributed by atoms with E-state index in [9.17, 15) is 9.59 Å². The quantitative estimate of drug-likeness (QED) is 0.703. The van der Waals surface area contributed by atoms with Crippen molar-refractivity contribution in [2.45, 2.75) is 57.5 Å². The van der Waals surface area contributed by atoms with E-state index in [0.29, 0.717) is 26.1 Å². The summed E-state index contributed by atoms with van der Waals surface area (Å²) in [5.41, 5.74) is 0.911. The second-order valence-corrected chi connectivity index (χ2v) is 8.00. The third kappa shape index (κ3) is 4.55. The number of amides is 2.